The number of carbonyl (C=O) groups is 1. The van der Waals surface area contributed by atoms with Gasteiger partial charge in [-0.3, -0.25) is 4.79 Å². The van der Waals surface area contributed by atoms with Gasteiger partial charge < -0.3 is 9.80 Å². The predicted molar refractivity (Wildman–Crippen MR) is 91.0 cm³/mol. The molecule has 0 bridgehead atoms. The third kappa shape index (κ3) is 3.43. The molecule has 3 nitrogen and oxygen atoms in total. The highest BCUT2D eigenvalue weighted by Crippen LogP contribution is 2.29. The lowest BCUT2D eigenvalue weighted by atomic mass is 10.1. The van der Waals surface area contributed by atoms with Crippen LogP contribution in [0.15, 0.2) is 42.5 Å². The summed E-state index contributed by atoms with van der Waals surface area (Å²) in [6, 6.07) is 11.4. The fraction of sp³-hybridized carbons (Fsp3) is 0.235. The maximum absolute atomic E-state index is 13.7. The van der Waals surface area contributed by atoms with Gasteiger partial charge in [-0.2, -0.15) is 0 Å². The van der Waals surface area contributed by atoms with E-state index in [9.17, 15) is 9.18 Å². The summed E-state index contributed by atoms with van der Waals surface area (Å²) in [5.74, 6) is -0.759. The van der Waals surface area contributed by atoms with E-state index in [1.165, 1.54) is 12.1 Å². The van der Waals surface area contributed by atoms with E-state index in [2.05, 4.69) is 4.90 Å². The number of rotatable bonds is 2. The van der Waals surface area contributed by atoms with E-state index in [0.29, 0.717) is 36.2 Å². The fourth-order valence-corrected chi connectivity index (χ4v) is 3.22. The monoisotopic (exact) mass is 352 g/mol. The summed E-state index contributed by atoms with van der Waals surface area (Å²) in [6.07, 6.45) is 0. The Balaban J connectivity index is 1.69. The van der Waals surface area contributed by atoms with E-state index >= 15 is 0 Å². The Bertz CT molecular complexity index is 730. The summed E-state index contributed by atoms with van der Waals surface area (Å²) in [5.41, 5.74) is 1.01. The van der Waals surface area contributed by atoms with Crippen molar-refractivity contribution in [1.29, 1.82) is 0 Å². The topological polar surface area (TPSA) is 23.6 Å². The quantitative estimate of drug-likeness (QED) is 0.812. The second-order valence-corrected chi connectivity index (χ2v) is 6.20. The average Bonchev–Trinajstić information content (AvgIpc) is 2.55. The number of hydrogen-bond acceptors (Lipinski definition) is 2. The van der Waals surface area contributed by atoms with Gasteiger partial charge in [0, 0.05) is 31.2 Å². The van der Waals surface area contributed by atoms with Gasteiger partial charge in [0.15, 0.2) is 0 Å². The van der Waals surface area contributed by atoms with Crippen LogP contribution in [-0.4, -0.2) is 37.0 Å². The Morgan fingerprint density at radius 1 is 1.00 bits per heavy atom. The molecule has 1 heterocycles. The van der Waals surface area contributed by atoms with Crippen LogP contribution in [0.25, 0.3) is 0 Å². The number of halogens is 3. The van der Waals surface area contributed by atoms with Crippen molar-refractivity contribution in [1.82, 2.24) is 4.90 Å². The predicted octanol–water partition coefficient (Wildman–Crippen LogP) is 4.09. The van der Waals surface area contributed by atoms with E-state index in [1.807, 2.05) is 6.07 Å². The molecular formula is C17H15Cl2FN2O. The van der Waals surface area contributed by atoms with Gasteiger partial charge in [-0.25, -0.2) is 4.39 Å². The van der Waals surface area contributed by atoms with Crippen molar-refractivity contribution in [3.63, 3.8) is 0 Å². The lowest BCUT2D eigenvalue weighted by Gasteiger charge is -2.36. The molecule has 0 radical (unpaired) electrons. The first-order valence-corrected chi connectivity index (χ1v) is 8.05. The maximum atomic E-state index is 13.7. The van der Waals surface area contributed by atoms with Crippen molar-refractivity contribution in [2.45, 2.75) is 0 Å². The molecule has 0 saturated carbocycles. The molecule has 0 unspecified atom stereocenters. The van der Waals surface area contributed by atoms with Crippen molar-refractivity contribution < 1.29 is 9.18 Å². The van der Waals surface area contributed by atoms with Crippen molar-refractivity contribution >= 4 is 34.8 Å². The van der Waals surface area contributed by atoms with E-state index < -0.39 is 5.82 Å². The van der Waals surface area contributed by atoms with Gasteiger partial charge in [0.05, 0.1) is 16.3 Å². The minimum absolute atomic E-state index is 0.116. The zero-order chi connectivity index (χ0) is 16.4. The van der Waals surface area contributed by atoms with Gasteiger partial charge in [-0.15, -0.1) is 0 Å². The fourth-order valence-electron chi connectivity index (χ4n) is 2.69. The van der Waals surface area contributed by atoms with Gasteiger partial charge in [0.1, 0.15) is 5.82 Å². The molecule has 120 valence electrons. The van der Waals surface area contributed by atoms with Crippen molar-refractivity contribution in [2.24, 2.45) is 0 Å². The summed E-state index contributed by atoms with van der Waals surface area (Å²) >= 11 is 12.1. The van der Waals surface area contributed by atoms with Crippen molar-refractivity contribution in [3.8, 4) is 0 Å². The zero-order valence-corrected chi connectivity index (χ0v) is 13.8. The standard InChI is InChI=1S/C17H15Cl2FN2O/c18-12-5-6-16(14(19)11-12)21-7-9-22(10-8-21)17(23)13-3-1-2-4-15(13)20/h1-6,11H,7-10H2. The van der Waals surface area contributed by atoms with Crippen LogP contribution in [-0.2, 0) is 0 Å². The number of benzene rings is 2. The van der Waals surface area contributed by atoms with E-state index in [1.54, 1.807) is 29.2 Å². The van der Waals surface area contributed by atoms with Crippen molar-refractivity contribution in [3.05, 3.63) is 63.9 Å². The lowest BCUT2D eigenvalue weighted by molar-refractivity contribution is 0.0742. The van der Waals surface area contributed by atoms with Crippen molar-refractivity contribution in [2.75, 3.05) is 31.1 Å². The molecule has 1 aliphatic rings. The molecule has 0 spiro atoms. The third-order valence-corrected chi connectivity index (χ3v) is 4.46. The van der Waals surface area contributed by atoms with Crippen LogP contribution in [0.5, 0.6) is 0 Å². The Kier molecular flexibility index (Phi) is 4.74. The van der Waals surface area contributed by atoms with E-state index in [0.717, 1.165) is 5.69 Å². The number of anilines is 1. The van der Waals surface area contributed by atoms with Crippen LogP contribution in [0.4, 0.5) is 10.1 Å². The summed E-state index contributed by atoms with van der Waals surface area (Å²) in [4.78, 5) is 16.2. The molecule has 0 N–H and O–H groups in total. The van der Waals surface area contributed by atoms with E-state index in [4.69, 9.17) is 23.2 Å². The third-order valence-electron chi connectivity index (χ3n) is 3.92. The van der Waals surface area contributed by atoms with Gasteiger partial charge >= 0.3 is 0 Å². The summed E-state index contributed by atoms with van der Waals surface area (Å²) in [7, 11) is 0. The van der Waals surface area contributed by atoms with Crippen LogP contribution >= 0.6 is 23.2 Å². The molecule has 6 heteroatoms. The minimum Gasteiger partial charge on any atom is -0.367 e. The molecule has 0 atom stereocenters. The highest BCUT2D eigenvalue weighted by atomic mass is 35.5. The summed E-state index contributed by atoms with van der Waals surface area (Å²) in [6.45, 7) is 2.32. The Hall–Kier alpha value is -1.78. The largest absolute Gasteiger partial charge is 0.367 e. The SMILES string of the molecule is O=C(c1ccccc1F)N1CCN(c2ccc(Cl)cc2Cl)CC1. The number of nitrogens with zero attached hydrogens (tertiary/aromatic N) is 2. The van der Waals surface area contributed by atoms with Crippen LogP contribution in [0.1, 0.15) is 10.4 Å². The first-order valence-electron chi connectivity index (χ1n) is 7.30. The second kappa shape index (κ2) is 6.77. The maximum Gasteiger partial charge on any atom is 0.256 e. The number of piperazine rings is 1. The van der Waals surface area contributed by atoms with Gasteiger partial charge in [-0.05, 0) is 30.3 Å². The molecule has 2 aromatic carbocycles. The summed E-state index contributed by atoms with van der Waals surface area (Å²) < 4.78 is 13.7. The van der Waals surface area contributed by atoms with Crippen LogP contribution < -0.4 is 4.90 Å². The molecule has 1 fully saturated rings. The Morgan fingerprint density at radius 2 is 1.70 bits per heavy atom. The number of hydrogen-bond donors (Lipinski definition) is 0. The molecule has 1 aliphatic heterocycles. The van der Waals surface area contributed by atoms with E-state index in [-0.39, 0.29) is 11.5 Å². The number of amides is 1. The molecule has 2 aromatic rings. The highest BCUT2D eigenvalue weighted by molar-refractivity contribution is 6.36. The summed E-state index contributed by atoms with van der Waals surface area (Å²) in [5, 5.41) is 1.18. The molecular weight excluding hydrogens is 338 g/mol. The average molecular weight is 353 g/mol. The molecule has 23 heavy (non-hydrogen) atoms. The van der Waals surface area contributed by atoms with Gasteiger partial charge in [-0.1, -0.05) is 35.3 Å². The smallest absolute Gasteiger partial charge is 0.256 e. The zero-order valence-electron chi connectivity index (χ0n) is 12.3. The first kappa shape index (κ1) is 16.1. The van der Waals surface area contributed by atoms with Crippen LogP contribution in [0.2, 0.25) is 10.0 Å². The second-order valence-electron chi connectivity index (χ2n) is 5.35. The highest BCUT2D eigenvalue weighted by Gasteiger charge is 2.24. The Morgan fingerprint density at radius 3 is 2.35 bits per heavy atom. The molecule has 1 saturated heterocycles. The van der Waals surface area contributed by atoms with Gasteiger partial charge in [0.25, 0.3) is 5.91 Å². The molecule has 1 amide bonds. The Labute approximate surface area is 144 Å². The normalized spacial score (nSPS) is 14.9. The lowest BCUT2D eigenvalue weighted by Crippen LogP contribution is -2.49. The van der Waals surface area contributed by atoms with Crippen LogP contribution in [0.3, 0.4) is 0 Å². The number of carbonyl (C=O) groups excluding carboxylic acids is 1. The molecule has 0 aromatic heterocycles. The molecule has 3 rings (SSSR count). The van der Waals surface area contributed by atoms with Crippen LogP contribution in [0, 0.1) is 5.82 Å². The minimum atomic E-state index is -0.485. The molecule has 0 aliphatic carbocycles. The van der Waals surface area contributed by atoms with Gasteiger partial charge in [0.2, 0.25) is 0 Å². The first-order chi connectivity index (χ1) is 11.1.